The van der Waals surface area contributed by atoms with Crippen LogP contribution in [0.5, 0.6) is 23.0 Å². The maximum absolute atomic E-state index is 13.3. The maximum atomic E-state index is 13.3. The number of hydrogen-bond acceptors (Lipinski definition) is 7. The monoisotopic (exact) mass is 487 g/mol. The minimum Gasteiger partial charge on any atom is -0.507 e. The molecule has 8 heteroatoms. The fourth-order valence-electron chi connectivity index (χ4n) is 4.47. The van der Waals surface area contributed by atoms with Crippen LogP contribution in [0.3, 0.4) is 0 Å². The lowest BCUT2D eigenvalue weighted by molar-refractivity contribution is -0.140. The van der Waals surface area contributed by atoms with Crippen molar-refractivity contribution in [2.75, 3.05) is 20.5 Å². The molecule has 1 N–H and O–H groups in total. The van der Waals surface area contributed by atoms with Crippen molar-refractivity contribution < 1.29 is 33.6 Å². The Morgan fingerprint density at radius 2 is 1.78 bits per heavy atom. The van der Waals surface area contributed by atoms with E-state index in [0.717, 1.165) is 5.56 Å². The first-order chi connectivity index (χ1) is 17.5. The lowest BCUT2D eigenvalue weighted by Crippen LogP contribution is -2.29. The number of methoxy groups -OCH3 is 1. The lowest BCUT2D eigenvalue weighted by Gasteiger charge is -2.26. The molecule has 1 saturated heterocycles. The summed E-state index contributed by atoms with van der Waals surface area (Å²) in [5.74, 6) is 0.710. The van der Waals surface area contributed by atoms with Crippen molar-refractivity contribution in [3.8, 4) is 23.0 Å². The number of carbonyl (C=O) groups is 2. The SMILES string of the molecule is CCOc1ccc(/C(O)=C2\C(=O)C(=O)N(Cc3ccc4c(c3)OCO4)C2c2cccc(OC)c2)cc1. The molecule has 1 fully saturated rings. The van der Waals surface area contributed by atoms with Crippen LogP contribution in [0.15, 0.2) is 72.3 Å². The number of aliphatic hydroxyl groups is 1. The molecule has 0 bridgehead atoms. The number of benzene rings is 3. The van der Waals surface area contributed by atoms with Crippen LogP contribution in [0.4, 0.5) is 0 Å². The van der Waals surface area contributed by atoms with E-state index >= 15 is 0 Å². The molecule has 0 aromatic heterocycles. The number of nitrogens with zero attached hydrogens (tertiary/aromatic N) is 1. The van der Waals surface area contributed by atoms with E-state index in [0.29, 0.717) is 40.7 Å². The molecule has 0 aliphatic carbocycles. The van der Waals surface area contributed by atoms with E-state index in [4.69, 9.17) is 18.9 Å². The summed E-state index contributed by atoms with van der Waals surface area (Å²) >= 11 is 0. The number of fused-ring (bicyclic) bond motifs is 1. The largest absolute Gasteiger partial charge is 0.507 e. The highest BCUT2D eigenvalue weighted by molar-refractivity contribution is 6.46. The highest BCUT2D eigenvalue weighted by Crippen LogP contribution is 2.42. The van der Waals surface area contributed by atoms with E-state index in [9.17, 15) is 14.7 Å². The maximum Gasteiger partial charge on any atom is 0.295 e. The van der Waals surface area contributed by atoms with Gasteiger partial charge in [-0.25, -0.2) is 0 Å². The first-order valence-corrected chi connectivity index (χ1v) is 11.5. The molecule has 3 aromatic carbocycles. The number of ketones is 1. The highest BCUT2D eigenvalue weighted by Gasteiger charge is 2.46. The Morgan fingerprint density at radius 1 is 1.00 bits per heavy atom. The van der Waals surface area contributed by atoms with Gasteiger partial charge < -0.3 is 29.0 Å². The molecule has 184 valence electrons. The number of likely N-dealkylation sites (tertiary alicyclic amines) is 1. The first kappa shape index (κ1) is 23.3. The smallest absolute Gasteiger partial charge is 0.295 e. The Morgan fingerprint density at radius 3 is 2.53 bits per heavy atom. The molecule has 5 rings (SSSR count). The second-order valence-electron chi connectivity index (χ2n) is 8.35. The number of aliphatic hydroxyl groups excluding tert-OH is 1. The summed E-state index contributed by atoms with van der Waals surface area (Å²) in [7, 11) is 1.54. The van der Waals surface area contributed by atoms with Crippen molar-refractivity contribution in [1.29, 1.82) is 0 Å². The van der Waals surface area contributed by atoms with Crippen molar-refractivity contribution in [2.24, 2.45) is 0 Å². The number of amides is 1. The molecule has 1 amide bonds. The average Bonchev–Trinajstić information content (AvgIpc) is 3.47. The van der Waals surface area contributed by atoms with E-state index in [2.05, 4.69) is 0 Å². The van der Waals surface area contributed by atoms with Crippen LogP contribution in [0.25, 0.3) is 5.76 Å². The summed E-state index contributed by atoms with van der Waals surface area (Å²) in [5.41, 5.74) is 1.82. The van der Waals surface area contributed by atoms with E-state index in [1.807, 2.05) is 13.0 Å². The Kier molecular flexibility index (Phi) is 6.25. The first-order valence-electron chi connectivity index (χ1n) is 11.5. The summed E-state index contributed by atoms with van der Waals surface area (Å²) in [6.07, 6.45) is 0. The molecule has 8 nitrogen and oxygen atoms in total. The minimum atomic E-state index is -0.822. The summed E-state index contributed by atoms with van der Waals surface area (Å²) < 4.78 is 21.7. The van der Waals surface area contributed by atoms with Crippen molar-refractivity contribution in [3.05, 3.63) is 89.0 Å². The molecular formula is C28H25NO7. The second-order valence-corrected chi connectivity index (χ2v) is 8.35. The fraction of sp³-hybridized carbons (Fsp3) is 0.214. The number of hydrogen-bond donors (Lipinski definition) is 1. The molecule has 1 unspecified atom stereocenters. The van der Waals surface area contributed by atoms with Crippen LogP contribution in [-0.2, 0) is 16.1 Å². The summed E-state index contributed by atoms with van der Waals surface area (Å²) in [4.78, 5) is 28.0. The highest BCUT2D eigenvalue weighted by atomic mass is 16.7. The van der Waals surface area contributed by atoms with E-state index in [1.54, 1.807) is 67.8 Å². The predicted octanol–water partition coefficient (Wildman–Crippen LogP) is 4.44. The molecule has 2 heterocycles. The molecule has 1 atom stereocenters. The molecule has 0 saturated carbocycles. The third kappa shape index (κ3) is 4.22. The minimum absolute atomic E-state index is 0.0122. The van der Waals surface area contributed by atoms with Gasteiger partial charge in [0.2, 0.25) is 6.79 Å². The summed E-state index contributed by atoms with van der Waals surface area (Å²) in [6.45, 7) is 2.65. The second kappa shape index (κ2) is 9.65. The van der Waals surface area contributed by atoms with Crippen molar-refractivity contribution in [3.63, 3.8) is 0 Å². The van der Waals surface area contributed by atoms with Gasteiger partial charge >= 0.3 is 0 Å². The molecule has 0 radical (unpaired) electrons. The fourth-order valence-corrected chi connectivity index (χ4v) is 4.47. The van der Waals surface area contributed by atoms with Gasteiger partial charge in [0.1, 0.15) is 17.3 Å². The van der Waals surface area contributed by atoms with Crippen molar-refractivity contribution in [1.82, 2.24) is 4.90 Å². The Labute approximate surface area is 208 Å². The lowest BCUT2D eigenvalue weighted by atomic mass is 9.95. The van der Waals surface area contributed by atoms with Crippen molar-refractivity contribution >= 4 is 17.4 Å². The van der Waals surface area contributed by atoms with E-state index in [1.165, 1.54) is 4.90 Å². The van der Waals surface area contributed by atoms with Gasteiger partial charge in [0.05, 0.1) is 25.3 Å². The number of Topliss-reactive ketones (excluding diaryl/α,β-unsaturated/α-hetero) is 1. The van der Waals surface area contributed by atoms with Crippen LogP contribution >= 0.6 is 0 Å². The Hall–Kier alpha value is -4.46. The molecule has 2 aliphatic heterocycles. The molecular weight excluding hydrogens is 462 g/mol. The van der Waals surface area contributed by atoms with Gasteiger partial charge in [-0.1, -0.05) is 18.2 Å². The van der Waals surface area contributed by atoms with Crippen LogP contribution in [-0.4, -0.2) is 42.2 Å². The van der Waals surface area contributed by atoms with Gasteiger partial charge in [-0.15, -0.1) is 0 Å². The van der Waals surface area contributed by atoms with Crippen LogP contribution < -0.4 is 18.9 Å². The standard InChI is InChI=1S/C28H25NO7/c1-3-34-20-10-8-18(9-11-20)26(30)24-25(19-5-4-6-21(14-19)33-2)29(28(32)27(24)31)15-17-7-12-22-23(13-17)36-16-35-22/h4-14,25,30H,3,15-16H2,1-2H3/b26-24+. The van der Waals surface area contributed by atoms with Gasteiger partial charge in [0.15, 0.2) is 11.5 Å². The van der Waals surface area contributed by atoms with Gasteiger partial charge in [-0.05, 0) is 66.6 Å². The van der Waals surface area contributed by atoms with Crippen molar-refractivity contribution in [2.45, 2.75) is 19.5 Å². The Bertz CT molecular complexity index is 1350. The summed E-state index contributed by atoms with van der Waals surface area (Å²) in [5, 5.41) is 11.3. The molecule has 0 spiro atoms. The van der Waals surface area contributed by atoms with Gasteiger partial charge in [0.25, 0.3) is 11.7 Å². The zero-order valence-corrected chi connectivity index (χ0v) is 19.9. The zero-order valence-electron chi connectivity index (χ0n) is 19.9. The Balaban J connectivity index is 1.59. The van der Waals surface area contributed by atoms with Gasteiger partial charge in [-0.2, -0.15) is 0 Å². The third-order valence-corrected chi connectivity index (χ3v) is 6.18. The predicted molar refractivity (Wildman–Crippen MR) is 131 cm³/mol. The van der Waals surface area contributed by atoms with E-state index < -0.39 is 17.7 Å². The summed E-state index contributed by atoms with van der Waals surface area (Å²) in [6, 6.07) is 18.4. The topological polar surface area (TPSA) is 94.5 Å². The number of rotatable bonds is 7. The quantitative estimate of drug-likeness (QED) is 0.299. The van der Waals surface area contributed by atoms with E-state index in [-0.39, 0.29) is 24.7 Å². The zero-order chi connectivity index (χ0) is 25.2. The van der Waals surface area contributed by atoms with Crippen LogP contribution in [0, 0.1) is 0 Å². The number of carbonyl (C=O) groups excluding carboxylic acids is 2. The molecule has 36 heavy (non-hydrogen) atoms. The normalized spacial score (nSPS) is 17.9. The van der Waals surface area contributed by atoms with Gasteiger partial charge in [-0.3, -0.25) is 9.59 Å². The number of ether oxygens (including phenoxy) is 4. The molecule has 3 aromatic rings. The van der Waals surface area contributed by atoms with Gasteiger partial charge in [0, 0.05) is 12.1 Å². The third-order valence-electron chi connectivity index (χ3n) is 6.18. The van der Waals surface area contributed by atoms with Crippen LogP contribution in [0.1, 0.15) is 29.7 Å². The molecule has 2 aliphatic rings. The van der Waals surface area contributed by atoms with Crippen LogP contribution in [0.2, 0.25) is 0 Å². The average molecular weight is 488 g/mol.